The minimum Gasteiger partial charge on any atom is -0.481 e. The van der Waals surface area contributed by atoms with Gasteiger partial charge in [-0.2, -0.15) is 0 Å². The third-order valence-electron chi connectivity index (χ3n) is 3.55. The average Bonchev–Trinajstić information content (AvgIpc) is 2.37. The number of aliphatic carboxylic acids is 1. The second kappa shape index (κ2) is 8.28. The lowest BCUT2D eigenvalue weighted by Gasteiger charge is -2.15. The van der Waals surface area contributed by atoms with Crippen LogP contribution in [0.15, 0.2) is 18.2 Å². The molecule has 3 nitrogen and oxygen atoms in total. The number of halogens is 1. The molecule has 0 heterocycles. The molecule has 112 valence electrons. The monoisotopic (exact) mass is 297 g/mol. The number of nitrogens with one attached hydrogen (secondary N) is 1. The van der Waals surface area contributed by atoms with Gasteiger partial charge in [0.15, 0.2) is 0 Å². The van der Waals surface area contributed by atoms with Crippen LogP contribution in [0.2, 0.25) is 5.02 Å². The fourth-order valence-corrected chi connectivity index (χ4v) is 2.34. The minimum absolute atomic E-state index is 0.256. The molecule has 0 saturated carbocycles. The van der Waals surface area contributed by atoms with Crippen molar-refractivity contribution in [1.29, 1.82) is 0 Å². The summed E-state index contributed by atoms with van der Waals surface area (Å²) in [6.45, 7) is 6.64. The lowest BCUT2D eigenvalue weighted by Crippen LogP contribution is -2.25. The van der Waals surface area contributed by atoms with Crippen molar-refractivity contribution < 1.29 is 9.90 Å². The number of benzene rings is 1. The Balaban J connectivity index is 2.29. The van der Waals surface area contributed by atoms with Crippen LogP contribution in [0.3, 0.4) is 0 Å². The van der Waals surface area contributed by atoms with Crippen molar-refractivity contribution in [3.63, 3.8) is 0 Å². The Hall–Kier alpha value is -1.06. The molecule has 0 fully saturated rings. The van der Waals surface area contributed by atoms with Crippen molar-refractivity contribution in [2.45, 2.75) is 52.6 Å². The largest absolute Gasteiger partial charge is 0.481 e. The highest BCUT2D eigenvalue weighted by Crippen LogP contribution is 2.18. The van der Waals surface area contributed by atoms with Crippen LogP contribution < -0.4 is 5.32 Å². The Bertz CT molecular complexity index is 448. The van der Waals surface area contributed by atoms with Gasteiger partial charge in [-0.25, -0.2) is 0 Å². The summed E-state index contributed by atoms with van der Waals surface area (Å²) in [7, 11) is 0. The number of hydrogen-bond acceptors (Lipinski definition) is 2. The van der Waals surface area contributed by atoms with Gasteiger partial charge >= 0.3 is 5.97 Å². The van der Waals surface area contributed by atoms with Crippen molar-refractivity contribution >= 4 is 17.6 Å². The summed E-state index contributed by atoms with van der Waals surface area (Å²) in [5.41, 5.74) is 2.26. The fraction of sp³-hybridized carbons (Fsp3) is 0.562. The first-order valence-electron chi connectivity index (χ1n) is 7.11. The van der Waals surface area contributed by atoms with Gasteiger partial charge in [-0.3, -0.25) is 4.79 Å². The van der Waals surface area contributed by atoms with Gasteiger partial charge < -0.3 is 10.4 Å². The van der Waals surface area contributed by atoms with Crippen LogP contribution in [0.1, 0.15) is 44.2 Å². The van der Waals surface area contributed by atoms with Crippen LogP contribution in [0.4, 0.5) is 0 Å². The van der Waals surface area contributed by atoms with E-state index in [1.54, 1.807) is 6.92 Å². The molecule has 1 aromatic carbocycles. The molecule has 2 unspecified atom stereocenters. The Kier molecular flexibility index (Phi) is 7.03. The summed E-state index contributed by atoms with van der Waals surface area (Å²) in [4.78, 5) is 10.7. The van der Waals surface area contributed by atoms with Gasteiger partial charge in [0.2, 0.25) is 0 Å². The number of carboxylic acids is 1. The van der Waals surface area contributed by atoms with Gasteiger partial charge in [0.05, 0.1) is 5.92 Å². The Morgan fingerprint density at radius 3 is 2.65 bits per heavy atom. The van der Waals surface area contributed by atoms with Gasteiger partial charge in [0.1, 0.15) is 0 Å². The standard InChI is InChI=1S/C16H24ClNO2/c1-11-7-8-14(15(17)9-11)10-18-13(3)6-4-5-12(2)16(19)20/h7-9,12-13,18H,4-6,10H2,1-3H3,(H,19,20). The molecule has 1 aromatic rings. The summed E-state index contributed by atoms with van der Waals surface area (Å²) in [6, 6.07) is 6.43. The molecule has 0 aliphatic heterocycles. The number of aryl methyl sites for hydroxylation is 1. The molecular formula is C16H24ClNO2. The minimum atomic E-state index is -0.711. The van der Waals surface area contributed by atoms with E-state index in [0.29, 0.717) is 6.04 Å². The smallest absolute Gasteiger partial charge is 0.306 e. The summed E-state index contributed by atoms with van der Waals surface area (Å²) in [5.74, 6) is -0.967. The molecule has 0 aliphatic rings. The van der Waals surface area contributed by atoms with E-state index < -0.39 is 5.97 Å². The van der Waals surface area contributed by atoms with Gasteiger partial charge in [0, 0.05) is 17.6 Å². The van der Waals surface area contributed by atoms with E-state index in [1.165, 1.54) is 0 Å². The van der Waals surface area contributed by atoms with Crippen LogP contribution in [0.25, 0.3) is 0 Å². The van der Waals surface area contributed by atoms with Crippen LogP contribution in [0.5, 0.6) is 0 Å². The zero-order valence-electron chi connectivity index (χ0n) is 12.4. The number of carbonyl (C=O) groups is 1. The van der Waals surface area contributed by atoms with E-state index >= 15 is 0 Å². The van der Waals surface area contributed by atoms with Crippen LogP contribution in [-0.4, -0.2) is 17.1 Å². The molecular weight excluding hydrogens is 274 g/mol. The molecule has 0 aliphatic carbocycles. The predicted molar refractivity (Wildman–Crippen MR) is 83.1 cm³/mol. The predicted octanol–water partition coefficient (Wildman–Crippen LogP) is 4.02. The average molecular weight is 298 g/mol. The Morgan fingerprint density at radius 2 is 2.05 bits per heavy atom. The Morgan fingerprint density at radius 1 is 1.35 bits per heavy atom. The number of rotatable bonds is 8. The molecule has 2 N–H and O–H groups in total. The molecule has 0 bridgehead atoms. The molecule has 0 saturated heterocycles. The molecule has 1 rings (SSSR count). The lowest BCUT2D eigenvalue weighted by molar-refractivity contribution is -0.141. The van der Waals surface area contributed by atoms with E-state index in [4.69, 9.17) is 16.7 Å². The van der Waals surface area contributed by atoms with Crippen LogP contribution in [0, 0.1) is 12.8 Å². The molecule has 20 heavy (non-hydrogen) atoms. The SMILES string of the molecule is Cc1ccc(CNC(C)CCCC(C)C(=O)O)c(Cl)c1. The summed E-state index contributed by atoms with van der Waals surface area (Å²) in [6.07, 6.45) is 2.62. The van der Waals surface area contributed by atoms with Gasteiger partial charge in [-0.1, -0.05) is 37.1 Å². The maximum Gasteiger partial charge on any atom is 0.306 e. The van der Waals surface area contributed by atoms with Crippen molar-refractivity contribution in [2.24, 2.45) is 5.92 Å². The van der Waals surface area contributed by atoms with Gasteiger partial charge in [-0.05, 0) is 43.9 Å². The maximum absolute atomic E-state index is 10.7. The quantitative estimate of drug-likeness (QED) is 0.762. The zero-order valence-corrected chi connectivity index (χ0v) is 13.2. The first kappa shape index (κ1) is 17.0. The highest BCUT2D eigenvalue weighted by Gasteiger charge is 2.11. The van der Waals surface area contributed by atoms with Crippen molar-refractivity contribution in [1.82, 2.24) is 5.32 Å². The molecule has 4 heteroatoms. The van der Waals surface area contributed by atoms with Crippen molar-refractivity contribution in [3.8, 4) is 0 Å². The first-order valence-corrected chi connectivity index (χ1v) is 7.49. The van der Waals surface area contributed by atoms with E-state index in [1.807, 2.05) is 19.1 Å². The molecule has 0 radical (unpaired) electrons. The van der Waals surface area contributed by atoms with Crippen LogP contribution in [-0.2, 0) is 11.3 Å². The summed E-state index contributed by atoms with van der Waals surface area (Å²) in [5, 5.41) is 13.0. The van der Waals surface area contributed by atoms with Gasteiger partial charge in [0.25, 0.3) is 0 Å². The fourth-order valence-electron chi connectivity index (χ4n) is 2.04. The third kappa shape index (κ3) is 5.93. The van der Waals surface area contributed by atoms with Crippen molar-refractivity contribution in [3.05, 3.63) is 34.3 Å². The second-order valence-corrected chi connectivity index (χ2v) is 5.95. The highest BCUT2D eigenvalue weighted by atomic mass is 35.5. The maximum atomic E-state index is 10.7. The summed E-state index contributed by atoms with van der Waals surface area (Å²) < 4.78 is 0. The highest BCUT2D eigenvalue weighted by molar-refractivity contribution is 6.31. The molecule has 2 atom stereocenters. The van der Waals surface area contributed by atoms with E-state index in [9.17, 15) is 4.79 Å². The molecule has 0 aromatic heterocycles. The zero-order chi connectivity index (χ0) is 15.1. The first-order chi connectivity index (χ1) is 9.40. The van der Waals surface area contributed by atoms with E-state index in [0.717, 1.165) is 42.0 Å². The van der Waals surface area contributed by atoms with E-state index in [2.05, 4.69) is 18.3 Å². The third-order valence-corrected chi connectivity index (χ3v) is 3.90. The molecule has 0 amide bonds. The summed E-state index contributed by atoms with van der Waals surface area (Å²) >= 11 is 6.19. The molecule has 0 spiro atoms. The number of carboxylic acid groups (broad SMARTS) is 1. The van der Waals surface area contributed by atoms with Gasteiger partial charge in [-0.15, -0.1) is 0 Å². The second-order valence-electron chi connectivity index (χ2n) is 5.55. The topological polar surface area (TPSA) is 49.3 Å². The van der Waals surface area contributed by atoms with Crippen molar-refractivity contribution in [2.75, 3.05) is 0 Å². The lowest BCUT2D eigenvalue weighted by atomic mass is 10.0. The Labute approximate surface area is 126 Å². The van der Waals surface area contributed by atoms with Crippen LogP contribution >= 0.6 is 11.6 Å². The van der Waals surface area contributed by atoms with E-state index in [-0.39, 0.29) is 5.92 Å². The normalized spacial score (nSPS) is 14.0. The number of hydrogen-bond donors (Lipinski definition) is 2.